The summed E-state index contributed by atoms with van der Waals surface area (Å²) in [5.41, 5.74) is 0.855. The zero-order valence-electron chi connectivity index (χ0n) is 13.3. The van der Waals surface area contributed by atoms with Gasteiger partial charge >= 0.3 is 5.97 Å². The van der Waals surface area contributed by atoms with Crippen LogP contribution in [0.15, 0.2) is 12.1 Å². The largest absolute Gasteiger partial charge is 0.493 e. The summed E-state index contributed by atoms with van der Waals surface area (Å²) in [5, 5.41) is 0. The molecule has 2 unspecified atom stereocenters. The van der Waals surface area contributed by atoms with Crippen LogP contribution in [0.3, 0.4) is 0 Å². The lowest BCUT2D eigenvalue weighted by atomic mass is 10.1. The summed E-state index contributed by atoms with van der Waals surface area (Å²) in [4.78, 5) is 10.7. The van der Waals surface area contributed by atoms with E-state index >= 15 is 0 Å². The number of halogens is 1. The predicted molar refractivity (Wildman–Crippen MR) is 85.2 cm³/mol. The summed E-state index contributed by atoms with van der Waals surface area (Å²) < 4.78 is 26.3. The van der Waals surface area contributed by atoms with Crippen LogP contribution < -0.4 is 14.2 Å². The van der Waals surface area contributed by atoms with E-state index in [0.29, 0.717) is 17.2 Å². The maximum atomic E-state index is 11.0. The average molecular weight is 377 g/mol. The van der Waals surface area contributed by atoms with Crippen molar-refractivity contribution in [2.24, 2.45) is 0 Å². The Morgan fingerprint density at radius 1 is 1.09 bits per heavy atom. The second-order valence-corrected chi connectivity index (χ2v) is 5.42. The maximum Gasteiger partial charge on any atom is 0.302 e. The van der Waals surface area contributed by atoms with Crippen molar-refractivity contribution in [3.8, 4) is 17.2 Å². The summed E-state index contributed by atoms with van der Waals surface area (Å²) >= 11 is 3.57. The van der Waals surface area contributed by atoms with Crippen LogP contribution in [0.25, 0.3) is 0 Å². The van der Waals surface area contributed by atoms with E-state index in [-0.39, 0.29) is 23.5 Å². The first-order chi connectivity index (χ1) is 10.5. The summed E-state index contributed by atoms with van der Waals surface area (Å²) in [7, 11) is 6.21. The molecule has 0 aliphatic rings. The fraction of sp³-hybridized carbons (Fsp3) is 0.533. The molecule has 0 saturated carbocycles. The van der Waals surface area contributed by atoms with Gasteiger partial charge in [0.2, 0.25) is 5.75 Å². The summed E-state index contributed by atoms with van der Waals surface area (Å²) in [6.45, 7) is 1.49. The highest BCUT2D eigenvalue weighted by atomic mass is 79.9. The number of carbonyl (C=O) groups is 1. The van der Waals surface area contributed by atoms with Crippen molar-refractivity contribution >= 4 is 21.9 Å². The number of alkyl halides is 1. The summed E-state index contributed by atoms with van der Waals surface area (Å²) in [5.74, 6) is 1.25. The third-order valence-electron chi connectivity index (χ3n) is 3.09. The molecule has 0 N–H and O–H groups in total. The van der Waals surface area contributed by atoms with Crippen molar-refractivity contribution in [3.05, 3.63) is 17.7 Å². The van der Waals surface area contributed by atoms with Gasteiger partial charge < -0.3 is 23.7 Å². The fourth-order valence-electron chi connectivity index (χ4n) is 1.95. The molecule has 22 heavy (non-hydrogen) atoms. The molecule has 0 saturated heterocycles. The number of methoxy groups -OCH3 is 4. The predicted octanol–water partition coefficient (Wildman–Crippen LogP) is 2.73. The first kappa shape index (κ1) is 18.6. The molecule has 0 radical (unpaired) electrons. The van der Waals surface area contributed by atoms with Crippen molar-refractivity contribution in [2.75, 3.05) is 35.0 Å². The zero-order chi connectivity index (χ0) is 16.7. The van der Waals surface area contributed by atoms with Crippen LogP contribution in [0.5, 0.6) is 17.2 Å². The molecule has 0 spiro atoms. The number of ether oxygens (including phenoxy) is 5. The minimum absolute atomic E-state index is 0.137. The van der Waals surface area contributed by atoms with Crippen molar-refractivity contribution in [1.29, 1.82) is 0 Å². The number of benzene rings is 1. The molecule has 0 aliphatic carbocycles. The Balaban J connectivity index is 3.10. The van der Waals surface area contributed by atoms with Gasteiger partial charge in [-0.05, 0) is 17.7 Å². The molecule has 7 heteroatoms. The lowest BCUT2D eigenvalue weighted by Gasteiger charge is -2.23. The van der Waals surface area contributed by atoms with Crippen LogP contribution >= 0.6 is 15.9 Å². The van der Waals surface area contributed by atoms with Gasteiger partial charge in [-0.2, -0.15) is 0 Å². The fourth-order valence-corrected chi connectivity index (χ4v) is 2.58. The lowest BCUT2D eigenvalue weighted by molar-refractivity contribution is -0.144. The van der Waals surface area contributed by atoms with Gasteiger partial charge in [-0.25, -0.2) is 0 Å². The van der Waals surface area contributed by atoms with Crippen LogP contribution in [0.2, 0.25) is 0 Å². The molecule has 1 aromatic rings. The quantitative estimate of drug-likeness (QED) is 0.513. The first-order valence-electron chi connectivity index (χ1n) is 6.58. The second-order valence-electron chi connectivity index (χ2n) is 4.44. The van der Waals surface area contributed by atoms with E-state index < -0.39 is 0 Å². The second kappa shape index (κ2) is 8.85. The Morgan fingerprint density at radius 3 is 2.00 bits per heavy atom. The monoisotopic (exact) mass is 376 g/mol. The van der Waals surface area contributed by atoms with Crippen molar-refractivity contribution < 1.29 is 28.5 Å². The highest BCUT2D eigenvalue weighted by Crippen LogP contribution is 2.42. The molecule has 1 rings (SSSR count). The average Bonchev–Trinajstić information content (AvgIpc) is 2.53. The Hall–Kier alpha value is -1.47. The number of hydrogen-bond acceptors (Lipinski definition) is 6. The van der Waals surface area contributed by atoms with Gasteiger partial charge in [-0.15, -0.1) is 0 Å². The molecular weight excluding hydrogens is 356 g/mol. The highest BCUT2D eigenvalue weighted by molar-refractivity contribution is 9.09. The van der Waals surface area contributed by atoms with Gasteiger partial charge in [0.1, 0.15) is 12.7 Å². The van der Waals surface area contributed by atoms with Gasteiger partial charge in [-0.3, -0.25) is 4.79 Å². The summed E-state index contributed by atoms with van der Waals surface area (Å²) in [6.07, 6.45) is -0.355. The minimum Gasteiger partial charge on any atom is -0.493 e. The Labute approximate surface area is 138 Å². The molecule has 0 aliphatic heterocycles. The highest BCUT2D eigenvalue weighted by Gasteiger charge is 2.25. The maximum absolute atomic E-state index is 11.0. The van der Waals surface area contributed by atoms with Gasteiger partial charge in [0.25, 0.3) is 0 Å². The van der Waals surface area contributed by atoms with Crippen molar-refractivity contribution in [2.45, 2.75) is 17.9 Å². The number of esters is 1. The van der Waals surface area contributed by atoms with E-state index in [9.17, 15) is 4.79 Å². The first-order valence-corrected chi connectivity index (χ1v) is 7.50. The van der Waals surface area contributed by atoms with E-state index in [1.807, 2.05) is 12.1 Å². The third kappa shape index (κ3) is 4.51. The molecule has 0 amide bonds. The van der Waals surface area contributed by atoms with Gasteiger partial charge in [0.05, 0.1) is 26.2 Å². The van der Waals surface area contributed by atoms with E-state index in [4.69, 9.17) is 23.7 Å². The SMILES string of the molecule is COc1cc(C(Br)C(COC(C)=O)OC)cc(OC)c1OC. The van der Waals surface area contributed by atoms with Crippen LogP contribution in [0.1, 0.15) is 17.3 Å². The Bertz CT molecular complexity index is 480. The van der Waals surface area contributed by atoms with Crippen LogP contribution in [0.4, 0.5) is 0 Å². The molecule has 6 nitrogen and oxygen atoms in total. The lowest BCUT2D eigenvalue weighted by Crippen LogP contribution is -2.24. The molecule has 2 atom stereocenters. The molecule has 0 aromatic heterocycles. The van der Waals surface area contributed by atoms with Gasteiger partial charge in [0, 0.05) is 14.0 Å². The number of rotatable bonds is 8. The minimum atomic E-state index is -0.355. The number of hydrogen-bond donors (Lipinski definition) is 0. The topological polar surface area (TPSA) is 63.2 Å². The van der Waals surface area contributed by atoms with Crippen LogP contribution in [-0.4, -0.2) is 47.1 Å². The van der Waals surface area contributed by atoms with Crippen molar-refractivity contribution in [3.63, 3.8) is 0 Å². The standard InChI is InChI=1S/C15H21BrO6/c1-9(17)22-8-13(20-4)14(16)10-6-11(18-2)15(21-5)12(7-10)19-3/h6-7,13-14H,8H2,1-5H3. The molecular formula is C15H21BrO6. The van der Waals surface area contributed by atoms with Gasteiger partial charge in [-0.1, -0.05) is 15.9 Å². The van der Waals surface area contributed by atoms with Crippen LogP contribution in [0, 0.1) is 0 Å². The molecule has 124 valence electrons. The van der Waals surface area contributed by atoms with E-state index in [2.05, 4.69) is 15.9 Å². The van der Waals surface area contributed by atoms with E-state index in [0.717, 1.165) is 5.56 Å². The van der Waals surface area contributed by atoms with Crippen molar-refractivity contribution in [1.82, 2.24) is 0 Å². The third-order valence-corrected chi connectivity index (χ3v) is 4.20. The molecule has 1 aromatic carbocycles. The van der Waals surface area contributed by atoms with Gasteiger partial charge in [0.15, 0.2) is 11.5 Å². The normalized spacial score (nSPS) is 13.2. The molecule has 0 bridgehead atoms. The Morgan fingerprint density at radius 2 is 1.64 bits per heavy atom. The molecule has 0 fully saturated rings. The number of carbonyl (C=O) groups excluding carboxylic acids is 1. The smallest absolute Gasteiger partial charge is 0.302 e. The van der Waals surface area contributed by atoms with E-state index in [1.54, 1.807) is 28.4 Å². The zero-order valence-corrected chi connectivity index (χ0v) is 14.9. The van der Waals surface area contributed by atoms with E-state index in [1.165, 1.54) is 6.92 Å². The molecule has 0 heterocycles. The Kier molecular flexibility index (Phi) is 7.47. The summed E-state index contributed by atoms with van der Waals surface area (Å²) in [6, 6.07) is 3.64. The van der Waals surface area contributed by atoms with Crippen LogP contribution in [-0.2, 0) is 14.3 Å².